The molecule has 0 saturated carbocycles. The first-order valence-corrected chi connectivity index (χ1v) is 17.6. The van der Waals surface area contributed by atoms with Gasteiger partial charge in [0.25, 0.3) is 0 Å². The summed E-state index contributed by atoms with van der Waals surface area (Å²) in [5.74, 6) is 0. The Morgan fingerprint density at radius 2 is 0.706 bits per heavy atom. The number of nitrogens with zero attached hydrogens (tertiary/aromatic N) is 1. The van der Waals surface area contributed by atoms with Crippen LogP contribution in [-0.2, 0) is 0 Å². The van der Waals surface area contributed by atoms with Crippen LogP contribution in [0.4, 0.5) is 17.1 Å². The van der Waals surface area contributed by atoms with E-state index in [0.29, 0.717) is 0 Å². The van der Waals surface area contributed by atoms with E-state index in [1.807, 2.05) is 0 Å². The second kappa shape index (κ2) is 12.0. The third-order valence-electron chi connectivity index (χ3n) is 10.4. The van der Waals surface area contributed by atoms with Gasteiger partial charge in [-0.25, -0.2) is 0 Å². The van der Waals surface area contributed by atoms with Gasteiger partial charge in [0.2, 0.25) is 0 Å². The number of para-hydroxylation sites is 1. The molecule has 0 radical (unpaired) electrons. The summed E-state index contributed by atoms with van der Waals surface area (Å²) < 4.78 is 0. The molecule has 0 bridgehead atoms. The van der Waals surface area contributed by atoms with Gasteiger partial charge in [0.15, 0.2) is 0 Å². The summed E-state index contributed by atoms with van der Waals surface area (Å²) >= 11 is 0. The van der Waals surface area contributed by atoms with E-state index in [9.17, 15) is 0 Å². The van der Waals surface area contributed by atoms with E-state index in [4.69, 9.17) is 0 Å². The van der Waals surface area contributed by atoms with Crippen LogP contribution in [0.15, 0.2) is 200 Å². The SMILES string of the molecule is c1ccc(N(c2ccc(-c3ccc4ccccc4c3)cc2)c2ccc3c4ccccc4c4ccccc4c3c2)c(-c2ccc3ccccc3c2)c1. The molecule has 10 rings (SSSR count). The van der Waals surface area contributed by atoms with Crippen molar-refractivity contribution in [2.24, 2.45) is 0 Å². The molecule has 0 N–H and O–H groups in total. The van der Waals surface area contributed by atoms with Crippen molar-refractivity contribution in [3.05, 3.63) is 200 Å². The lowest BCUT2D eigenvalue weighted by molar-refractivity contribution is 1.29. The Balaban J connectivity index is 1.19. The zero-order chi connectivity index (χ0) is 33.7. The molecule has 0 spiro atoms. The van der Waals surface area contributed by atoms with Crippen molar-refractivity contribution in [1.82, 2.24) is 0 Å². The molecule has 51 heavy (non-hydrogen) atoms. The maximum atomic E-state index is 2.43. The van der Waals surface area contributed by atoms with Gasteiger partial charge in [-0.15, -0.1) is 0 Å². The highest BCUT2D eigenvalue weighted by molar-refractivity contribution is 6.25. The Morgan fingerprint density at radius 3 is 1.35 bits per heavy atom. The normalized spacial score (nSPS) is 11.5. The second-order valence-electron chi connectivity index (χ2n) is 13.3. The summed E-state index contributed by atoms with van der Waals surface area (Å²) in [5.41, 5.74) is 8.16. The Bertz CT molecular complexity index is 2880. The molecule has 238 valence electrons. The Morgan fingerprint density at radius 1 is 0.255 bits per heavy atom. The monoisotopic (exact) mass is 647 g/mol. The van der Waals surface area contributed by atoms with Crippen molar-refractivity contribution in [2.45, 2.75) is 0 Å². The van der Waals surface area contributed by atoms with Crippen LogP contribution in [0.3, 0.4) is 0 Å². The van der Waals surface area contributed by atoms with Crippen LogP contribution in [0.5, 0.6) is 0 Å². The van der Waals surface area contributed by atoms with Crippen LogP contribution >= 0.6 is 0 Å². The van der Waals surface area contributed by atoms with E-state index in [2.05, 4.69) is 205 Å². The van der Waals surface area contributed by atoms with Gasteiger partial charge in [0.05, 0.1) is 5.69 Å². The average Bonchev–Trinajstić information content (AvgIpc) is 3.21. The fourth-order valence-corrected chi connectivity index (χ4v) is 7.90. The molecular weight excluding hydrogens is 615 g/mol. The quantitative estimate of drug-likeness (QED) is 0.168. The van der Waals surface area contributed by atoms with Crippen molar-refractivity contribution in [1.29, 1.82) is 0 Å². The minimum Gasteiger partial charge on any atom is -0.310 e. The van der Waals surface area contributed by atoms with Gasteiger partial charge in [0, 0.05) is 16.9 Å². The van der Waals surface area contributed by atoms with Crippen LogP contribution in [0, 0.1) is 0 Å². The summed E-state index contributed by atoms with van der Waals surface area (Å²) in [6.07, 6.45) is 0. The van der Waals surface area contributed by atoms with Gasteiger partial charge >= 0.3 is 0 Å². The van der Waals surface area contributed by atoms with Crippen molar-refractivity contribution in [3.63, 3.8) is 0 Å². The molecule has 1 nitrogen and oxygen atoms in total. The fourth-order valence-electron chi connectivity index (χ4n) is 7.90. The van der Waals surface area contributed by atoms with E-state index >= 15 is 0 Å². The van der Waals surface area contributed by atoms with Crippen molar-refractivity contribution < 1.29 is 0 Å². The van der Waals surface area contributed by atoms with E-state index in [1.54, 1.807) is 0 Å². The Labute approximate surface area is 297 Å². The molecule has 10 aromatic carbocycles. The Kier molecular flexibility index (Phi) is 6.89. The average molecular weight is 648 g/mol. The van der Waals surface area contributed by atoms with Crippen molar-refractivity contribution in [2.75, 3.05) is 4.90 Å². The molecule has 0 aliphatic rings. The van der Waals surface area contributed by atoms with Crippen LogP contribution in [-0.4, -0.2) is 0 Å². The number of rotatable bonds is 5. The van der Waals surface area contributed by atoms with Gasteiger partial charge < -0.3 is 4.90 Å². The molecular formula is C50H33N. The highest BCUT2D eigenvalue weighted by atomic mass is 15.1. The van der Waals surface area contributed by atoms with Crippen LogP contribution < -0.4 is 4.90 Å². The zero-order valence-corrected chi connectivity index (χ0v) is 28.0. The first kappa shape index (κ1) is 29.2. The first-order chi connectivity index (χ1) is 25.3. The standard InChI is InChI=1S/C50H33N/c1-3-13-37-31-39(23-21-34(37)11-1)36-25-27-41(28-26-36)51(50-20-10-9-15-43(50)40-24-22-35-12-2-4-14-38(35)32-40)42-29-30-48-46-18-6-5-16-44(46)45-17-7-8-19-47(45)49(48)33-42/h1-33H. The highest BCUT2D eigenvalue weighted by Crippen LogP contribution is 2.44. The molecule has 10 aromatic rings. The lowest BCUT2D eigenvalue weighted by Crippen LogP contribution is -2.11. The number of hydrogen-bond acceptors (Lipinski definition) is 1. The lowest BCUT2D eigenvalue weighted by atomic mass is 9.93. The molecule has 0 aromatic heterocycles. The first-order valence-electron chi connectivity index (χ1n) is 17.6. The molecule has 0 atom stereocenters. The summed E-state index contributed by atoms with van der Waals surface area (Å²) in [6, 6.07) is 73.1. The number of benzene rings is 10. The molecule has 0 heterocycles. The Hall–Kier alpha value is -6.70. The fraction of sp³-hybridized carbons (Fsp3) is 0. The van der Waals surface area contributed by atoms with Crippen LogP contribution in [0.25, 0.3) is 76.1 Å². The minimum atomic E-state index is 1.11. The number of fused-ring (bicyclic) bond motifs is 8. The summed E-state index contributed by atoms with van der Waals surface area (Å²) in [6.45, 7) is 0. The molecule has 0 aliphatic heterocycles. The van der Waals surface area contributed by atoms with Crippen molar-refractivity contribution >= 4 is 70.9 Å². The largest absolute Gasteiger partial charge is 0.310 e. The molecule has 0 unspecified atom stereocenters. The molecule has 1 heteroatoms. The molecule has 0 aliphatic carbocycles. The summed E-state index contributed by atoms with van der Waals surface area (Å²) in [7, 11) is 0. The van der Waals surface area contributed by atoms with Crippen molar-refractivity contribution in [3.8, 4) is 22.3 Å². The van der Waals surface area contributed by atoms with Gasteiger partial charge in [-0.05, 0) is 113 Å². The topological polar surface area (TPSA) is 3.24 Å². The predicted octanol–water partition coefficient (Wildman–Crippen LogP) is 14.3. The lowest BCUT2D eigenvalue weighted by Gasteiger charge is -2.28. The van der Waals surface area contributed by atoms with E-state index in [-0.39, 0.29) is 0 Å². The number of hydrogen-bond donors (Lipinski definition) is 0. The van der Waals surface area contributed by atoms with Crippen LogP contribution in [0.2, 0.25) is 0 Å². The van der Waals surface area contributed by atoms with E-state index in [0.717, 1.165) is 17.1 Å². The summed E-state index contributed by atoms with van der Waals surface area (Å²) in [5, 5.41) is 12.6. The minimum absolute atomic E-state index is 1.11. The van der Waals surface area contributed by atoms with E-state index in [1.165, 1.54) is 76.1 Å². The maximum Gasteiger partial charge on any atom is 0.0540 e. The van der Waals surface area contributed by atoms with E-state index < -0.39 is 0 Å². The predicted molar refractivity (Wildman–Crippen MR) is 220 cm³/mol. The summed E-state index contributed by atoms with van der Waals surface area (Å²) in [4.78, 5) is 2.43. The molecule has 0 saturated heterocycles. The van der Waals surface area contributed by atoms with Gasteiger partial charge in [0.1, 0.15) is 0 Å². The molecule has 0 fully saturated rings. The van der Waals surface area contributed by atoms with Gasteiger partial charge in [-0.2, -0.15) is 0 Å². The van der Waals surface area contributed by atoms with Gasteiger partial charge in [-0.1, -0.05) is 158 Å². The second-order valence-corrected chi connectivity index (χ2v) is 13.3. The highest BCUT2D eigenvalue weighted by Gasteiger charge is 2.19. The van der Waals surface area contributed by atoms with Gasteiger partial charge in [-0.3, -0.25) is 0 Å². The maximum absolute atomic E-state index is 2.43. The third-order valence-corrected chi connectivity index (χ3v) is 10.4. The van der Waals surface area contributed by atoms with Crippen LogP contribution in [0.1, 0.15) is 0 Å². The third kappa shape index (κ3) is 5.02. The molecule has 0 amide bonds. The zero-order valence-electron chi connectivity index (χ0n) is 28.0. The smallest absolute Gasteiger partial charge is 0.0540 e. The number of anilines is 3.